The molecule has 0 spiro atoms. The van der Waals surface area contributed by atoms with E-state index in [1.165, 1.54) is 11.3 Å². The molecule has 3 rings (SSSR count). The van der Waals surface area contributed by atoms with Crippen molar-refractivity contribution in [2.45, 2.75) is 45.4 Å². The predicted octanol–water partition coefficient (Wildman–Crippen LogP) is 2.17. The van der Waals surface area contributed by atoms with E-state index in [2.05, 4.69) is 30.6 Å². The normalized spacial score (nSPS) is 16.7. The molecular formula is C15H22N6O2S. The van der Waals surface area contributed by atoms with Crippen molar-refractivity contribution in [1.29, 1.82) is 0 Å². The molecule has 1 saturated heterocycles. The number of carbonyl (C=O) groups is 1. The number of piperidine rings is 1. The molecule has 0 bridgehead atoms. The highest BCUT2D eigenvalue weighted by Gasteiger charge is 2.26. The minimum absolute atomic E-state index is 0.0514. The minimum atomic E-state index is -0.0514. The Bertz CT molecular complexity index is 690. The lowest BCUT2D eigenvalue weighted by Gasteiger charge is -2.29. The van der Waals surface area contributed by atoms with Gasteiger partial charge in [0.2, 0.25) is 22.8 Å². The number of amides is 1. The molecule has 1 aliphatic rings. The summed E-state index contributed by atoms with van der Waals surface area (Å²) in [6, 6.07) is 0. The third-order valence-corrected chi connectivity index (χ3v) is 4.78. The van der Waals surface area contributed by atoms with Crippen LogP contribution in [0.3, 0.4) is 0 Å². The number of aromatic nitrogens is 4. The number of anilines is 1. The molecule has 1 amide bonds. The fourth-order valence-corrected chi connectivity index (χ4v) is 3.30. The van der Waals surface area contributed by atoms with E-state index < -0.39 is 0 Å². The van der Waals surface area contributed by atoms with Gasteiger partial charge in [-0.05, 0) is 32.9 Å². The van der Waals surface area contributed by atoms with Crippen LogP contribution in [0, 0.1) is 6.92 Å². The topological polar surface area (TPSA) is 97.0 Å². The fraction of sp³-hybridized carbons (Fsp3) is 0.667. The summed E-state index contributed by atoms with van der Waals surface area (Å²) in [7, 11) is 0. The Labute approximate surface area is 144 Å². The van der Waals surface area contributed by atoms with E-state index in [9.17, 15) is 4.79 Å². The van der Waals surface area contributed by atoms with Crippen molar-refractivity contribution in [2.24, 2.45) is 0 Å². The van der Waals surface area contributed by atoms with Crippen LogP contribution in [-0.2, 0) is 4.79 Å². The van der Waals surface area contributed by atoms with Gasteiger partial charge in [-0.2, -0.15) is 0 Å². The maximum Gasteiger partial charge on any atom is 0.240 e. The average molecular weight is 350 g/mol. The van der Waals surface area contributed by atoms with E-state index in [0.717, 1.165) is 36.8 Å². The molecule has 24 heavy (non-hydrogen) atoms. The summed E-state index contributed by atoms with van der Waals surface area (Å²) < 4.78 is 5.75. The van der Waals surface area contributed by atoms with E-state index in [1.54, 1.807) is 0 Å². The molecule has 0 aliphatic carbocycles. The summed E-state index contributed by atoms with van der Waals surface area (Å²) in [6.07, 6.45) is 1.84. The lowest BCUT2D eigenvalue weighted by molar-refractivity contribution is -0.117. The van der Waals surface area contributed by atoms with Gasteiger partial charge in [-0.25, -0.2) is 0 Å². The predicted molar refractivity (Wildman–Crippen MR) is 90.1 cm³/mol. The van der Waals surface area contributed by atoms with Gasteiger partial charge in [-0.3, -0.25) is 15.0 Å². The van der Waals surface area contributed by atoms with Crippen LogP contribution in [0.4, 0.5) is 5.13 Å². The van der Waals surface area contributed by atoms with Gasteiger partial charge in [-0.15, -0.1) is 20.4 Å². The number of aryl methyl sites for hydroxylation is 1. The van der Waals surface area contributed by atoms with Crippen molar-refractivity contribution >= 4 is 22.4 Å². The van der Waals surface area contributed by atoms with Crippen LogP contribution >= 0.6 is 11.3 Å². The Morgan fingerprint density at radius 2 is 2.04 bits per heavy atom. The molecular weight excluding hydrogens is 328 g/mol. The Hall–Kier alpha value is -1.87. The number of nitrogens with one attached hydrogen (secondary N) is 1. The monoisotopic (exact) mass is 350 g/mol. The lowest BCUT2D eigenvalue weighted by Crippen LogP contribution is -2.38. The summed E-state index contributed by atoms with van der Waals surface area (Å²) in [6.45, 7) is 7.99. The SMILES string of the molecule is Cc1nnc(NC(=O)CN2CCC(c3nnc(C(C)C)o3)CC2)s1. The highest BCUT2D eigenvalue weighted by molar-refractivity contribution is 7.15. The van der Waals surface area contributed by atoms with Crippen molar-refractivity contribution in [3.8, 4) is 0 Å². The Morgan fingerprint density at radius 3 is 2.62 bits per heavy atom. The first-order valence-corrected chi connectivity index (χ1v) is 8.98. The molecule has 8 nitrogen and oxygen atoms in total. The molecule has 0 saturated carbocycles. The third-order valence-electron chi connectivity index (χ3n) is 4.03. The van der Waals surface area contributed by atoms with Crippen LogP contribution in [0.2, 0.25) is 0 Å². The van der Waals surface area contributed by atoms with E-state index in [4.69, 9.17) is 4.42 Å². The van der Waals surface area contributed by atoms with Gasteiger partial charge in [0, 0.05) is 11.8 Å². The lowest BCUT2D eigenvalue weighted by atomic mass is 9.97. The molecule has 9 heteroatoms. The van der Waals surface area contributed by atoms with Crippen molar-refractivity contribution in [1.82, 2.24) is 25.3 Å². The number of hydrogen-bond donors (Lipinski definition) is 1. The highest BCUT2D eigenvalue weighted by Crippen LogP contribution is 2.28. The molecule has 0 aromatic carbocycles. The zero-order chi connectivity index (χ0) is 17.1. The number of hydrogen-bond acceptors (Lipinski definition) is 8. The van der Waals surface area contributed by atoms with Crippen LogP contribution in [0.5, 0.6) is 0 Å². The van der Waals surface area contributed by atoms with Crippen molar-refractivity contribution in [3.05, 3.63) is 16.8 Å². The molecule has 0 radical (unpaired) electrons. The third kappa shape index (κ3) is 4.15. The molecule has 0 atom stereocenters. The number of nitrogens with zero attached hydrogens (tertiary/aromatic N) is 5. The maximum atomic E-state index is 12.1. The molecule has 1 N–H and O–H groups in total. The van der Waals surface area contributed by atoms with E-state index in [-0.39, 0.29) is 17.7 Å². The summed E-state index contributed by atoms with van der Waals surface area (Å²) in [5.74, 6) is 1.91. The van der Waals surface area contributed by atoms with Crippen molar-refractivity contribution in [3.63, 3.8) is 0 Å². The van der Waals surface area contributed by atoms with E-state index in [1.807, 2.05) is 20.8 Å². The quantitative estimate of drug-likeness (QED) is 0.882. The summed E-state index contributed by atoms with van der Waals surface area (Å²) in [5, 5.41) is 20.3. The maximum absolute atomic E-state index is 12.1. The number of rotatable bonds is 5. The molecule has 0 unspecified atom stereocenters. The second kappa shape index (κ2) is 7.35. The van der Waals surface area contributed by atoms with Gasteiger partial charge in [0.25, 0.3) is 0 Å². The second-order valence-electron chi connectivity index (χ2n) is 6.36. The molecule has 130 valence electrons. The summed E-state index contributed by atoms with van der Waals surface area (Å²) in [4.78, 5) is 14.2. The van der Waals surface area contributed by atoms with Crippen LogP contribution in [0.1, 0.15) is 55.3 Å². The molecule has 3 heterocycles. The Balaban J connectivity index is 1.47. The number of carbonyl (C=O) groups excluding carboxylic acids is 1. The van der Waals surface area contributed by atoms with Crippen LogP contribution in [0.25, 0.3) is 0 Å². The first-order valence-electron chi connectivity index (χ1n) is 8.17. The van der Waals surface area contributed by atoms with Crippen LogP contribution in [0.15, 0.2) is 4.42 Å². The first kappa shape index (κ1) is 17.0. The van der Waals surface area contributed by atoms with Gasteiger partial charge in [0.1, 0.15) is 5.01 Å². The van der Waals surface area contributed by atoms with Gasteiger partial charge >= 0.3 is 0 Å². The largest absolute Gasteiger partial charge is 0.425 e. The standard InChI is InChI=1S/C15H22N6O2S/c1-9(2)13-18-19-14(23-13)11-4-6-21(7-5-11)8-12(22)16-15-20-17-10(3)24-15/h9,11H,4-8H2,1-3H3,(H,16,20,22). The number of likely N-dealkylation sites (tertiary alicyclic amines) is 1. The molecule has 1 aliphatic heterocycles. The van der Waals surface area contributed by atoms with E-state index >= 15 is 0 Å². The van der Waals surface area contributed by atoms with Crippen LogP contribution in [-0.4, -0.2) is 50.8 Å². The van der Waals surface area contributed by atoms with Gasteiger partial charge in [0.05, 0.1) is 6.54 Å². The second-order valence-corrected chi connectivity index (χ2v) is 7.54. The molecule has 2 aromatic heterocycles. The molecule has 1 fully saturated rings. The van der Waals surface area contributed by atoms with E-state index in [0.29, 0.717) is 17.6 Å². The van der Waals surface area contributed by atoms with Gasteiger partial charge in [-0.1, -0.05) is 25.2 Å². The zero-order valence-electron chi connectivity index (χ0n) is 14.2. The minimum Gasteiger partial charge on any atom is -0.425 e. The smallest absolute Gasteiger partial charge is 0.240 e. The Kier molecular flexibility index (Phi) is 5.20. The summed E-state index contributed by atoms with van der Waals surface area (Å²) >= 11 is 1.38. The van der Waals surface area contributed by atoms with Crippen LogP contribution < -0.4 is 5.32 Å². The average Bonchev–Trinajstić information content (AvgIpc) is 3.17. The van der Waals surface area contributed by atoms with Gasteiger partial charge < -0.3 is 4.42 Å². The summed E-state index contributed by atoms with van der Waals surface area (Å²) in [5.41, 5.74) is 0. The van der Waals surface area contributed by atoms with Gasteiger partial charge in [0.15, 0.2) is 0 Å². The fourth-order valence-electron chi connectivity index (χ4n) is 2.69. The van der Waals surface area contributed by atoms with Crippen molar-refractivity contribution in [2.75, 3.05) is 25.0 Å². The first-order chi connectivity index (χ1) is 11.5. The highest BCUT2D eigenvalue weighted by atomic mass is 32.1. The zero-order valence-corrected chi connectivity index (χ0v) is 15.0. The molecule has 2 aromatic rings. The Morgan fingerprint density at radius 1 is 1.29 bits per heavy atom. The van der Waals surface area contributed by atoms with Crippen molar-refractivity contribution < 1.29 is 9.21 Å².